The number of carbonyl (C=O) groups is 3. The average Bonchev–Trinajstić information content (AvgIpc) is 3.02. The van der Waals surface area contributed by atoms with Crippen LogP contribution in [-0.2, 0) is 14.4 Å². The number of anilines is 1. The topological polar surface area (TPSA) is 144 Å². The van der Waals surface area contributed by atoms with Crippen LogP contribution in [0.1, 0.15) is 25.7 Å². The second kappa shape index (κ2) is 10.2. The fourth-order valence-electron chi connectivity index (χ4n) is 2.34. The zero-order valence-corrected chi connectivity index (χ0v) is 16.3. The van der Waals surface area contributed by atoms with Crippen molar-refractivity contribution in [1.29, 1.82) is 0 Å². The Morgan fingerprint density at radius 3 is 2.67 bits per heavy atom. The van der Waals surface area contributed by atoms with Crippen molar-refractivity contribution in [3.8, 4) is 5.75 Å². The Bertz CT molecular complexity index is 918. The molecule has 1 atom stereocenters. The maximum atomic E-state index is 12.3. The molecule has 0 aliphatic carbocycles. The summed E-state index contributed by atoms with van der Waals surface area (Å²) >= 11 is 0.997. The van der Waals surface area contributed by atoms with Crippen molar-refractivity contribution in [2.75, 3.05) is 11.9 Å². The van der Waals surface area contributed by atoms with E-state index in [9.17, 15) is 27.6 Å². The number of ether oxygens (including phenoxy) is 1. The molecule has 1 unspecified atom stereocenters. The summed E-state index contributed by atoms with van der Waals surface area (Å²) in [6.45, 7) is 0.172. The van der Waals surface area contributed by atoms with Gasteiger partial charge in [0.25, 0.3) is 0 Å². The molecule has 2 aromatic rings. The van der Waals surface area contributed by atoms with Gasteiger partial charge in [0.2, 0.25) is 11.8 Å². The van der Waals surface area contributed by atoms with Crippen molar-refractivity contribution in [1.82, 2.24) is 10.3 Å². The van der Waals surface area contributed by atoms with Gasteiger partial charge in [-0.2, -0.15) is 0 Å². The summed E-state index contributed by atoms with van der Waals surface area (Å²) in [6, 6.07) is 2.72. The van der Waals surface area contributed by atoms with E-state index in [-0.39, 0.29) is 42.6 Å². The minimum atomic E-state index is -4.80. The van der Waals surface area contributed by atoms with Gasteiger partial charge >= 0.3 is 12.3 Å². The van der Waals surface area contributed by atoms with Gasteiger partial charge < -0.3 is 26.2 Å². The molecule has 9 nitrogen and oxygen atoms in total. The minimum Gasteiger partial charge on any atom is -0.481 e. The van der Waals surface area contributed by atoms with E-state index in [1.54, 1.807) is 0 Å². The molecule has 2 amide bonds. The number of nitrogens with zero attached hydrogens (tertiary/aromatic N) is 1. The van der Waals surface area contributed by atoms with Crippen molar-refractivity contribution in [2.24, 2.45) is 5.73 Å². The second-order valence-electron chi connectivity index (χ2n) is 6.18. The standard InChI is InChI=1S/C17H19F3N4O5S/c18-17(19,20)29-9-3-5-11-12(8-9)30-16(23-11)24-13(25)2-1-7-22-15(28)10(21)4-6-14(26)27/h3,5,8,10H,1-2,4,6-7,21H2,(H,22,28)(H,26,27)(H,23,24,25). The van der Waals surface area contributed by atoms with Gasteiger partial charge in [-0.3, -0.25) is 14.4 Å². The molecule has 0 spiro atoms. The van der Waals surface area contributed by atoms with E-state index in [2.05, 4.69) is 20.4 Å². The predicted octanol–water partition coefficient (Wildman–Crippen LogP) is 2.22. The van der Waals surface area contributed by atoms with Crippen molar-refractivity contribution in [2.45, 2.75) is 38.1 Å². The van der Waals surface area contributed by atoms with Crippen LogP contribution in [0.2, 0.25) is 0 Å². The number of hydrogen-bond donors (Lipinski definition) is 4. The molecule has 1 heterocycles. The molecular formula is C17H19F3N4O5S. The Morgan fingerprint density at radius 2 is 2.00 bits per heavy atom. The number of amides is 2. The fraction of sp³-hybridized carbons (Fsp3) is 0.412. The lowest BCUT2D eigenvalue weighted by Gasteiger charge is -2.10. The minimum absolute atomic E-state index is 0.00891. The Labute approximate surface area is 172 Å². The Kier molecular flexibility index (Phi) is 7.94. The van der Waals surface area contributed by atoms with Crippen LogP contribution in [0.25, 0.3) is 10.2 Å². The number of aromatic nitrogens is 1. The lowest BCUT2D eigenvalue weighted by Crippen LogP contribution is -2.41. The molecule has 13 heteroatoms. The summed E-state index contributed by atoms with van der Waals surface area (Å²) < 4.78 is 41.1. The van der Waals surface area contributed by atoms with Crippen molar-refractivity contribution in [3.63, 3.8) is 0 Å². The zero-order chi connectivity index (χ0) is 22.3. The van der Waals surface area contributed by atoms with Crippen LogP contribution in [-0.4, -0.2) is 46.8 Å². The molecule has 2 rings (SSSR count). The summed E-state index contributed by atoms with van der Waals surface area (Å²) in [4.78, 5) is 38.2. The van der Waals surface area contributed by atoms with Gasteiger partial charge in [-0.25, -0.2) is 4.98 Å². The van der Waals surface area contributed by atoms with Crippen LogP contribution < -0.4 is 21.1 Å². The van der Waals surface area contributed by atoms with Crippen LogP contribution in [0, 0.1) is 0 Å². The number of benzene rings is 1. The van der Waals surface area contributed by atoms with E-state index in [4.69, 9.17) is 10.8 Å². The molecular weight excluding hydrogens is 429 g/mol. The molecule has 0 aliphatic rings. The summed E-state index contributed by atoms with van der Waals surface area (Å²) in [5.41, 5.74) is 5.97. The summed E-state index contributed by atoms with van der Waals surface area (Å²) in [6.07, 6.45) is -4.65. The lowest BCUT2D eigenvalue weighted by atomic mass is 10.1. The SMILES string of the molecule is NC(CCC(=O)O)C(=O)NCCCC(=O)Nc1nc2ccc(OC(F)(F)F)cc2s1. The first-order chi connectivity index (χ1) is 14.0. The van der Waals surface area contributed by atoms with E-state index in [1.807, 2.05) is 0 Å². The van der Waals surface area contributed by atoms with Gasteiger partial charge in [0, 0.05) is 25.5 Å². The number of carbonyl (C=O) groups excluding carboxylic acids is 2. The number of nitrogens with one attached hydrogen (secondary N) is 2. The number of thiazole rings is 1. The van der Waals surface area contributed by atoms with E-state index < -0.39 is 24.3 Å². The molecule has 1 aromatic heterocycles. The Morgan fingerprint density at radius 1 is 1.27 bits per heavy atom. The van der Waals surface area contributed by atoms with Crippen molar-refractivity contribution < 1.29 is 37.4 Å². The van der Waals surface area contributed by atoms with Gasteiger partial charge in [0.1, 0.15) is 5.75 Å². The van der Waals surface area contributed by atoms with Gasteiger partial charge in [-0.15, -0.1) is 13.2 Å². The number of aliphatic carboxylic acids is 1. The average molecular weight is 448 g/mol. The molecule has 5 N–H and O–H groups in total. The Hall–Kier alpha value is -2.93. The fourth-order valence-corrected chi connectivity index (χ4v) is 3.25. The molecule has 0 fully saturated rings. The third kappa shape index (κ3) is 7.83. The lowest BCUT2D eigenvalue weighted by molar-refractivity contribution is -0.274. The number of halogens is 3. The summed E-state index contributed by atoms with van der Waals surface area (Å²) in [5.74, 6) is -2.31. The molecule has 0 saturated heterocycles. The number of hydrogen-bond acceptors (Lipinski definition) is 7. The third-order valence-electron chi connectivity index (χ3n) is 3.73. The normalized spacial score (nSPS) is 12.4. The first-order valence-corrected chi connectivity index (χ1v) is 9.56. The smallest absolute Gasteiger partial charge is 0.481 e. The molecule has 164 valence electrons. The third-order valence-corrected chi connectivity index (χ3v) is 4.66. The highest BCUT2D eigenvalue weighted by atomic mass is 32.1. The first kappa shape index (κ1) is 23.3. The van der Waals surface area contributed by atoms with E-state index in [1.165, 1.54) is 12.1 Å². The first-order valence-electron chi connectivity index (χ1n) is 8.75. The number of nitrogens with two attached hydrogens (primary N) is 1. The molecule has 0 saturated carbocycles. The van der Waals surface area contributed by atoms with Gasteiger partial charge in [-0.1, -0.05) is 11.3 Å². The largest absolute Gasteiger partial charge is 0.573 e. The van der Waals surface area contributed by atoms with E-state index in [0.717, 1.165) is 17.4 Å². The summed E-state index contributed by atoms with van der Waals surface area (Å²) in [7, 11) is 0. The number of carboxylic acids is 1. The molecule has 1 aromatic carbocycles. The maximum absolute atomic E-state index is 12.3. The summed E-state index contributed by atoms with van der Waals surface area (Å²) in [5, 5.41) is 13.8. The van der Waals surface area contributed by atoms with Crippen LogP contribution >= 0.6 is 11.3 Å². The monoisotopic (exact) mass is 448 g/mol. The molecule has 0 aliphatic heterocycles. The highest BCUT2D eigenvalue weighted by Gasteiger charge is 2.31. The molecule has 0 radical (unpaired) electrons. The number of alkyl halides is 3. The van der Waals surface area contributed by atoms with Gasteiger partial charge in [0.15, 0.2) is 5.13 Å². The van der Waals surface area contributed by atoms with Gasteiger partial charge in [-0.05, 0) is 25.0 Å². The number of rotatable bonds is 10. The molecule has 0 bridgehead atoms. The van der Waals surface area contributed by atoms with E-state index >= 15 is 0 Å². The highest BCUT2D eigenvalue weighted by molar-refractivity contribution is 7.22. The van der Waals surface area contributed by atoms with Crippen LogP contribution in [0.3, 0.4) is 0 Å². The van der Waals surface area contributed by atoms with Crippen LogP contribution in [0.15, 0.2) is 18.2 Å². The van der Waals surface area contributed by atoms with Gasteiger partial charge in [0.05, 0.1) is 16.3 Å². The highest BCUT2D eigenvalue weighted by Crippen LogP contribution is 2.31. The second-order valence-corrected chi connectivity index (χ2v) is 7.21. The maximum Gasteiger partial charge on any atom is 0.573 e. The zero-order valence-electron chi connectivity index (χ0n) is 15.5. The van der Waals surface area contributed by atoms with Crippen LogP contribution in [0.4, 0.5) is 18.3 Å². The van der Waals surface area contributed by atoms with E-state index in [0.29, 0.717) is 16.6 Å². The predicted molar refractivity (Wildman–Crippen MR) is 102 cm³/mol. The quantitative estimate of drug-likeness (QED) is 0.408. The van der Waals surface area contributed by atoms with Crippen molar-refractivity contribution >= 4 is 44.5 Å². The Balaban J connectivity index is 1.77. The molecule has 30 heavy (non-hydrogen) atoms. The van der Waals surface area contributed by atoms with Crippen LogP contribution in [0.5, 0.6) is 5.75 Å². The van der Waals surface area contributed by atoms with Crippen molar-refractivity contribution in [3.05, 3.63) is 18.2 Å². The number of carboxylic acid groups (broad SMARTS) is 1. The number of fused-ring (bicyclic) bond motifs is 1.